The minimum absolute atomic E-state index is 0.0166. The van der Waals surface area contributed by atoms with Gasteiger partial charge in [-0.2, -0.15) is 0 Å². The van der Waals surface area contributed by atoms with Gasteiger partial charge in [-0.1, -0.05) is 30.4 Å². The monoisotopic (exact) mass is 273 g/mol. The average Bonchev–Trinajstić information content (AvgIpc) is 2.47. The molecule has 1 aliphatic rings. The van der Waals surface area contributed by atoms with Gasteiger partial charge in [0.1, 0.15) is 11.5 Å². The van der Waals surface area contributed by atoms with Crippen molar-refractivity contribution in [2.75, 3.05) is 19.7 Å². The number of hydrogen-bond donors (Lipinski definition) is 0. The van der Waals surface area contributed by atoms with Crippen molar-refractivity contribution in [3.8, 4) is 5.75 Å². The summed E-state index contributed by atoms with van der Waals surface area (Å²) in [6.45, 7) is 2.98. The standard InChI is InChI=1S/C16H19NO3/c1-2-5-13-6-3-4-7-15(13)20-12-16(19)17-10-8-14(18)9-11-17/h2-7H,8-12H2,1H3. The van der Waals surface area contributed by atoms with Crippen LogP contribution >= 0.6 is 0 Å². The number of amides is 1. The predicted molar refractivity (Wildman–Crippen MR) is 77.5 cm³/mol. The highest BCUT2D eigenvalue weighted by Gasteiger charge is 2.21. The van der Waals surface area contributed by atoms with E-state index in [1.165, 1.54) is 0 Å². The molecule has 1 heterocycles. The Balaban J connectivity index is 1.92. The summed E-state index contributed by atoms with van der Waals surface area (Å²) in [7, 11) is 0. The number of Topliss-reactive ketones (excluding diaryl/α,β-unsaturated/α-hetero) is 1. The summed E-state index contributed by atoms with van der Waals surface area (Å²) in [5.74, 6) is 0.869. The summed E-state index contributed by atoms with van der Waals surface area (Å²) in [5, 5.41) is 0. The quantitative estimate of drug-likeness (QED) is 0.845. The molecule has 0 aromatic heterocycles. The molecule has 0 N–H and O–H groups in total. The molecule has 0 unspecified atom stereocenters. The molecular formula is C16H19NO3. The second-order valence-corrected chi connectivity index (χ2v) is 4.75. The SMILES string of the molecule is CC=Cc1ccccc1OCC(=O)N1CCC(=O)CC1. The van der Waals surface area contributed by atoms with Crippen molar-refractivity contribution in [1.29, 1.82) is 0 Å². The Hall–Kier alpha value is -2.10. The highest BCUT2D eigenvalue weighted by molar-refractivity contribution is 5.84. The van der Waals surface area contributed by atoms with E-state index >= 15 is 0 Å². The molecule has 2 rings (SSSR count). The van der Waals surface area contributed by atoms with Crippen LogP contribution in [-0.2, 0) is 9.59 Å². The number of hydrogen-bond acceptors (Lipinski definition) is 3. The van der Waals surface area contributed by atoms with Gasteiger partial charge in [-0.15, -0.1) is 0 Å². The summed E-state index contributed by atoms with van der Waals surface area (Å²) in [6.07, 6.45) is 4.79. The number of benzene rings is 1. The molecule has 0 atom stereocenters. The van der Waals surface area contributed by atoms with Crippen LogP contribution in [-0.4, -0.2) is 36.3 Å². The van der Waals surface area contributed by atoms with Crippen molar-refractivity contribution in [3.05, 3.63) is 35.9 Å². The Bertz CT molecular complexity index is 512. The Kier molecular flexibility index (Phi) is 4.93. The fraction of sp³-hybridized carbons (Fsp3) is 0.375. The zero-order chi connectivity index (χ0) is 14.4. The number of ether oxygens (including phenoxy) is 1. The maximum Gasteiger partial charge on any atom is 0.260 e. The number of para-hydroxylation sites is 1. The van der Waals surface area contributed by atoms with Gasteiger partial charge in [0.15, 0.2) is 6.61 Å². The average molecular weight is 273 g/mol. The minimum Gasteiger partial charge on any atom is -0.483 e. The highest BCUT2D eigenvalue weighted by Crippen LogP contribution is 2.19. The van der Waals surface area contributed by atoms with E-state index in [9.17, 15) is 9.59 Å². The van der Waals surface area contributed by atoms with Gasteiger partial charge < -0.3 is 9.64 Å². The maximum atomic E-state index is 12.0. The van der Waals surface area contributed by atoms with Crippen LogP contribution in [0.15, 0.2) is 30.3 Å². The van der Waals surface area contributed by atoms with Gasteiger partial charge in [-0.05, 0) is 13.0 Å². The van der Waals surface area contributed by atoms with Crippen LogP contribution < -0.4 is 4.74 Å². The fourth-order valence-corrected chi connectivity index (χ4v) is 2.17. The molecule has 1 aliphatic heterocycles. The molecule has 1 amide bonds. The largest absolute Gasteiger partial charge is 0.483 e. The first-order chi connectivity index (χ1) is 9.70. The molecule has 1 fully saturated rings. The van der Waals surface area contributed by atoms with E-state index in [4.69, 9.17) is 4.74 Å². The smallest absolute Gasteiger partial charge is 0.260 e. The molecular weight excluding hydrogens is 254 g/mol. The second-order valence-electron chi connectivity index (χ2n) is 4.75. The Labute approximate surface area is 119 Å². The van der Waals surface area contributed by atoms with Gasteiger partial charge in [0.2, 0.25) is 0 Å². The lowest BCUT2D eigenvalue weighted by molar-refractivity contribution is -0.136. The summed E-state index contributed by atoms with van der Waals surface area (Å²) in [4.78, 5) is 24.9. The summed E-state index contributed by atoms with van der Waals surface area (Å²) in [6, 6.07) is 7.61. The second kappa shape index (κ2) is 6.89. The number of allylic oxidation sites excluding steroid dienone is 1. The van der Waals surface area contributed by atoms with E-state index < -0.39 is 0 Å². The van der Waals surface area contributed by atoms with Gasteiger partial charge in [0.25, 0.3) is 5.91 Å². The Morgan fingerprint density at radius 3 is 2.70 bits per heavy atom. The topological polar surface area (TPSA) is 46.6 Å². The molecule has 1 saturated heterocycles. The molecule has 20 heavy (non-hydrogen) atoms. The van der Waals surface area contributed by atoms with E-state index in [2.05, 4.69) is 0 Å². The summed E-state index contributed by atoms with van der Waals surface area (Å²) in [5.41, 5.74) is 0.955. The van der Waals surface area contributed by atoms with E-state index in [1.807, 2.05) is 43.3 Å². The molecule has 106 valence electrons. The molecule has 0 bridgehead atoms. The van der Waals surface area contributed by atoms with Gasteiger partial charge in [0, 0.05) is 31.5 Å². The fourth-order valence-electron chi connectivity index (χ4n) is 2.17. The van der Waals surface area contributed by atoms with Crippen molar-refractivity contribution >= 4 is 17.8 Å². The lowest BCUT2D eigenvalue weighted by Gasteiger charge is -2.26. The van der Waals surface area contributed by atoms with E-state index in [-0.39, 0.29) is 18.3 Å². The zero-order valence-corrected chi connectivity index (χ0v) is 11.7. The summed E-state index contributed by atoms with van der Waals surface area (Å²) >= 11 is 0. The third-order valence-corrected chi connectivity index (χ3v) is 3.29. The van der Waals surface area contributed by atoms with Crippen molar-refractivity contribution < 1.29 is 14.3 Å². The zero-order valence-electron chi connectivity index (χ0n) is 11.7. The highest BCUT2D eigenvalue weighted by atomic mass is 16.5. The molecule has 0 saturated carbocycles. The molecule has 4 nitrogen and oxygen atoms in total. The number of rotatable bonds is 4. The third-order valence-electron chi connectivity index (χ3n) is 3.29. The number of ketones is 1. The van der Waals surface area contributed by atoms with Gasteiger partial charge in [-0.3, -0.25) is 9.59 Å². The normalized spacial score (nSPS) is 15.7. The minimum atomic E-state index is -0.0622. The van der Waals surface area contributed by atoms with Crippen molar-refractivity contribution in [2.24, 2.45) is 0 Å². The number of piperidine rings is 1. The molecule has 1 aromatic rings. The van der Waals surface area contributed by atoms with Crippen molar-refractivity contribution in [1.82, 2.24) is 4.90 Å². The lowest BCUT2D eigenvalue weighted by Crippen LogP contribution is -2.41. The lowest BCUT2D eigenvalue weighted by atomic mass is 10.1. The van der Waals surface area contributed by atoms with Crippen LogP contribution in [0.25, 0.3) is 6.08 Å². The summed E-state index contributed by atoms with van der Waals surface area (Å²) < 4.78 is 5.60. The van der Waals surface area contributed by atoms with Crippen LogP contribution in [0.4, 0.5) is 0 Å². The molecule has 0 radical (unpaired) electrons. The first kappa shape index (κ1) is 14.3. The van der Waals surface area contributed by atoms with Crippen LogP contribution in [0.1, 0.15) is 25.3 Å². The first-order valence-corrected chi connectivity index (χ1v) is 6.84. The van der Waals surface area contributed by atoms with Crippen molar-refractivity contribution in [2.45, 2.75) is 19.8 Å². The van der Waals surface area contributed by atoms with E-state index in [0.29, 0.717) is 31.7 Å². The van der Waals surface area contributed by atoms with Crippen LogP contribution in [0.2, 0.25) is 0 Å². The number of carbonyl (C=O) groups is 2. The number of nitrogens with zero attached hydrogens (tertiary/aromatic N) is 1. The van der Waals surface area contributed by atoms with Crippen LogP contribution in [0, 0.1) is 0 Å². The number of likely N-dealkylation sites (tertiary alicyclic amines) is 1. The van der Waals surface area contributed by atoms with Crippen LogP contribution in [0.5, 0.6) is 5.75 Å². The molecule has 4 heteroatoms. The van der Waals surface area contributed by atoms with Gasteiger partial charge in [-0.25, -0.2) is 0 Å². The molecule has 0 aliphatic carbocycles. The molecule has 1 aromatic carbocycles. The maximum absolute atomic E-state index is 12.0. The van der Waals surface area contributed by atoms with E-state index in [1.54, 1.807) is 4.90 Å². The van der Waals surface area contributed by atoms with Crippen LogP contribution in [0.3, 0.4) is 0 Å². The van der Waals surface area contributed by atoms with Crippen molar-refractivity contribution in [3.63, 3.8) is 0 Å². The van der Waals surface area contributed by atoms with Gasteiger partial charge in [0.05, 0.1) is 0 Å². The molecule has 0 spiro atoms. The van der Waals surface area contributed by atoms with Gasteiger partial charge >= 0.3 is 0 Å². The first-order valence-electron chi connectivity index (χ1n) is 6.84. The Morgan fingerprint density at radius 2 is 2.00 bits per heavy atom. The number of carbonyl (C=O) groups excluding carboxylic acids is 2. The van der Waals surface area contributed by atoms with E-state index in [0.717, 1.165) is 5.56 Å². The predicted octanol–water partition coefficient (Wildman–Crippen LogP) is 2.29. The third kappa shape index (κ3) is 3.70. The Morgan fingerprint density at radius 1 is 1.30 bits per heavy atom.